The van der Waals surface area contributed by atoms with Gasteiger partial charge in [-0.2, -0.15) is 0 Å². The summed E-state index contributed by atoms with van der Waals surface area (Å²) in [5.41, 5.74) is 2.21. The van der Waals surface area contributed by atoms with Crippen LogP contribution in [0.1, 0.15) is 30.4 Å². The first-order chi connectivity index (χ1) is 9.84. The van der Waals surface area contributed by atoms with Crippen molar-refractivity contribution in [2.75, 3.05) is 19.3 Å². The summed E-state index contributed by atoms with van der Waals surface area (Å²) in [5.74, 6) is 0.352. The molecule has 1 fully saturated rings. The van der Waals surface area contributed by atoms with Gasteiger partial charge in [0.15, 0.2) is 0 Å². The van der Waals surface area contributed by atoms with E-state index in [2.05, 4.69) is 0 Å². The Morgan fingerprint density at radius 2 is 1.95 bits per heavy atom. The molecule has 1 saturated heterocycles. The SMILES string of the molecule is Cc1ccc(CC(=O)CC2CCCN(S(C)(=O)=O)C2)cc1. The van der Waals surface area contributed by atoms with Crippen LogP contribution in [0.3, 0.4) is 0 Å². The maximum absolute atomic E-state index is 12.2. The second-order valence-corrected chi connectivity index (χ2v) is 8.02. The van der Waals surface area contributed by atoms with E-state index in [0.717, 1.165) is 18.4 Å². The normalized spacial score (nSPS) is 20.4. The molecule has 0 aromatic heterocycles. The maximum atomic E-state index is 12.2. The Labute approximate surface area is 127 Å². The average Bonchev–Trinajstić information content (AvgIpc) is 2.41. The van der Waals surface area contributed by atoms with E-state index < -0.39 is 10.0 Å². The number of carbonyl (C=O) groups excluding carboxylic acids is 1. The molecule has 0 amide bonds. The zero-order valence-electron chi connectivity index (χ0n) is 12.7. The third-order valence-corrected chi connectivity index (χ3v) is 5.26. The number of benzene rings is 1. The molecule has 4 nitrogen and oxygen atoms in total. The molecule has 0 aliphatic carbocycles. The number of aryl methyl sites for hydroxylation is 1. The number of sulfonamides is 1. The van der Waals surface area contributed by atoms with Crippen LogP contribution in [0.15, 0.2) is 24.3 Å². The molecule has 0 spiro atoms. The van der Waals surface area contributed by atoms with Crippen LogP contribution in [-0.2, 0) is 21.2 Å². The molecule has 0 radical (unpaired) electrons. The number of rotatable bonds is 5. The van der Waals surface area contributed by atoms with Gasteiger partial charge in [-0.15, -0.1) is 0 Å². The van der Waals surface area contributed by atoms with E-state index in [4.69, 9.17) is 0 Å². The van der Waals surface area contributed by atoms with Gasteiger partial charge < -0.3 is 0 Å². The van der Waals surface area contributed by atoms with E-state index in [1.807, 2.05) is 31.2 Å². The second kappa shape index (κ2) is 6.71. The van der Waals surface area contributed by atoms with Gasteiger partial charge in [0.2, 0.25) is 10.0 Å². The Hall–Kier alpha value is -1.20. The first kappa shape index (κ1) is 16.2. The second-order valence-electron chi connectivity index (χ2n) is 6.03. The Bertz CT molecular complexity index is 592. The summed E-state index contributed by atoms with van der Waals surface area (Å²) < 4.78 is 24.7. The standard InChI is InChI=1S/C16H23NO3S/c1-13-5-7-14(8-6-13)10-16(18)11-15-4-3-9-17(12-15)21(2,19)20/h5-8,15H,3-4,9-12H2,1-2H3. The lowest BCUT2D eigenvalue weighted by Crippen LogP contribution is -2.39. The molecule has 1 aromatic rings. The van der Waals surface area contributed by atoms with Gasteiger partial charge in [0, 0.05) is 25.9 Å². The van der Waals surface area contributed by atoms with E-state index in [1.54, 1.807) is 0 Å². The zero-order chi connectivity index (χ0) is 15.5. The molecule has 5 heteroatoms. The van der Waals surface area contributed by atoms with Crippen molar-refractivity contribution in [3.63, 3.8) is 0 Å². The Kier molecular flexibility index (Phi) is 5.17. The molecule has 1 aliphatic heterocycles. The molecule has 116 valence electrons. The van der Waals surface area contributed by atoms with E-state index in [0.29, 0.717) is 25.9 Å². The highest BCUT2D eigenvalue weighted by Gasteiger charge is 2.27. The summed E-state index contributed by atoms with van der Waals surface area (Å²) in [4.78, 5) is 12.2. The lowest BCUT2D eigenvalue weighted by Gasteiger charge is -2.30. The van der Waals surface area contributed by atoms with Crippen molar-refractivity contribution in [3.05, 3.63) is 35.4 Å². The van der Waals surface area contributed by atoms with Crippen molar-refractivity contribution in [2.24, 2.45) is 5.92 Å². The van der Waals surface area contributed by atoms with Gasteiger partial charge in [-0.3, -0.25) is 4.79 Å². The number of nitrogens with zero attached hydrogens (tertiary/aromatic N) is 1. The molecular formula is C16H23NO3S. The number of ketones is 1. The monoisotopic (exact) mass is 309 g/mol. The van der Waals surface area contributed by atoms with Gasteiger partial charge >= 0.3 is 0 Å². The van der Waals surface area contributed by atoms with Crippen molar-refractivity contribution in [1.82, 2.24) is 4.31 Å². The Morgan fingerprint density at radius 3 is 2.57 bits per heavy atom. The van der Waals surface area contributed by atoms with Gasteiger partial charge in [0.1, 0.15) is 5.78 Å². The van der Waals surface area contributed by atoms with E-state index >= 15 is 0 Å². The van der Waals surface area contributed by atoms with Crippen LogP contribution in [0.25, 0.3) is 0 Å². The molecule has 1 aliphatic rings. The van der Waals surface area contributed by atoms with Crippen LogP contribution in [0, 0.1) is 12.8 Å². The van der Waals surface area contributed by atoms with Crippen LogP contribution < -0.4 is 0 Å². The predicted octanol–water partition coefficient (Wildman–Crippen LogP) is 2.17. The molecule has 21 heavy (non-hydrogen) atoms. The van der Waals surface area contributed by atoms with Crippen LogP contribution >= 0.6 is 0 Å². The highest BCUT2D eigenvalue weighted by Crippen LogP contribution is 2.22. The highest BCUT2D eigenvalue weighted by molar-refractivity contribution is 7.88. The predicted molar refractivity (Wildman–Crippen MR) is 83.6 cm³/mol. The van der Waals surface area contributed by atoms with Crippen molar-refractivity contribution in [2.45, 2.75) is 32.6 Å². The number of hydrogen-bond donors (Lipinski definition) is 0. The van der Waals surface area contributed by atoms with Crippen molar-refractivity contribution < 1.29 is 13.2 Å². The zero-order valence-corrected chi connectivity index (χ0v) is 13.5. The quantitative estimate of drug-likeness (QED) is 0.837. The first-order valence-corrected chi connectivity index (χ1v) is 9.22. The summed E-state index contributed by atoms with van der Waals surface area (Å²) in [5, 5.41) is 0. The molecule has 1 heterocycles. The van der Waals surface area contributed by atoms with Crippen molar-refractivity contribution >= 4 is 15.8 Å². The first-order valence-electron chi connectivity index (χ1n) is 7.37. The van der Waals surface area contributed by atoms with Gasteiger partial charge in [-0.05, 0) is 31.2 Å². The van der Waals surface area contributed by atoms with Gasteiger partial charge in [0.25, 0.3) is 0 Å². The van der Waals surface area contributed by atoms with Crippen LogP contribution in [0.4, 0.5) is 0 Å². The summed E-state index contributed by atoms with van der Waals surface area (Å²) in [6.07, 6.45) is 3.93. The fourth-order valence-electron chi connectivity index (χ4n) is 2.82. The van der Waals surface area contributed by atoms with E-state index in [-0.39, 0.29) is 11.7 Å². The summed E-state index contributed by atoms with van der Waals surface area (Å²) in [6.45, 7) is 3.09. The molecule has 0 bridgehead atoms. The molecule has 2 rings (SSSR count). The van der Waals surface area contributed by atoms with Crippen LogP contribution in [0.5, 0.6) is 0 Å². The Balaban J connectivity index is 1.89. The smallest absolute Gasteiger partial charge is 0.211 e. The lowest BCUT2D eigenvalue weighted by atomic mass is 9.92. The molecular weight excluding hydrogens is 286 g/mol. The average molecular weight is 309 g/mol. The molecule has 1 unspecified atom stereocenters. The maximum Gasteiger partial charge on any atom is 0.211 e. The highest BCUT2D eigenvalue weighted by atomic mass is 32.2. The van der Waals surface area contributed by atoms with Crippen LogP contribution in [0.2, 0.25) is 0 Å². The van der Waals surface area contributed by atoms with Crippen molar-refractivity contribution in [3.8, 4) is 0 Å². The number of Topliss-reactive ketones (excluding diaryl/α,β-unsaturated/α-hetero) is 1. The van der Waals surface area contributed by atoms with Crippen LogP contribution in [-0.4, -0.2) is 37.9 Å². The Morgan fingerprint density at radius 1 is 1.29 bits per heavy atom. The van der Waals surface area contributed by atoms with Gasteiger partial charge in [-0.25, -0.2) is 12.7 Å². The number of hydrogen-bond acceptors (Lipinski definition) is 3. The third-order valence-electron chi connectivity index (χ3n) is 3.99. The van der Waals surface area contributed by atoms with E-state index in [1.165, 1.54) is 16.1 Å². The summed E-state index contributed by atoms with van der Waals surface area (Å²) in [6, 6.07) is 7.98. The van der Waals surface area contributed by atoms with Gasteiger partial charge in [-0.1, -0.05) is 29.8 Å². The number of piperidine rings is 1. The van der Waals surface area contributed by atoms with E-state index in [9.17, 15) is 13.2 Å². The topological polar surface area (TPSA) is 54.5 Å². The summed E-state index contributed by atoms with van der Waals surface area (Å²) >= 11 is 0. The van der Waals surface area contributed by atoms with Gasteiger partial charge in [0.05, 0.1) is 6.26 Å². The van der Waals surface area contributed by atoms with Crippen molar-refractivity contribution in [1.29, 1.82) is 0 Å². The largest absolute Gasteiger partial charge is 0.299 e. The third kappa shape index (κ3) is 4.93. The molecule has 0 saturated carbocycles. The molecule has 1 atom stereocenters. The lowest BCUT2D eigenvalue weighted by molar-refractivity contribution is -0.119. The summed E-state index contributed by atoms with van der Waals surface area (Å²) in [7, 11) is -3.14. The fourth-order valence-corrected chi connectivity index (χ4v) is 3.76. The minimum atomic E-state index is -3.14. The number of carbonyl (C=O) groups is 1. The minimum absolute atomic E-state index is 0.159. The minimum Gasteiger partial charge on any atom is -0.299 e. The molecule has 1 aromatic carbocycles. The fraction of sp³-hybridized carbons (Fsp3) is 0.562. The molecule has 0 N–H and O–H groups in total.